The van der Waals surface area contributed by atoms with E-state index in [4.69, 9.17) is 5.73 Å². The Labute approximate surface area is 111 Å². The SMILES string of the molecule is NC(=O)OCCNc1ccc([N+](=O)[O-])cc1I. The molecule has 92 valence electrons. The third-order valence-electron chi connectivity index (χ3n) is 1.83. The van der Waals surface area contributed by atoms with Crippen LogP contribution in [0.15, 0.2) is 18.2 Å². The van der Waals surface area contributed by atoms with Crippen LogP contribution >= 0.6 is 22.6 Å². The summed E-state index contributed by atoms with van der Waals surface area (Å²) in [5.41, 5.74) is 5.57. The van der Waals surface area contributed by atoms with Crippen LogP contribution in [0.2, 0.25) is 0 Å². The lowest BCUT2D eigenvalue weighted by Gasteiger charge is -2.08. The minimum absolute atomic E-state index is 0.0355. The molecule has 0 atom stereocenters. The lowest BCUT2D eigenvalue weighted by atomic mass is 10.3. The van der Waals surface area contributed by atoms with E-state index < -0.39 is 11.0 Å². The molecule has 3 N–H and O–H groups in total. The smallest absolute Gasteiger partial charge is 0.404 e. The quantitative estimate of drug-likeness (QED) is 0.363. The van der Waals surface area contributed by atoms with E-state index >= 15 is 0 Å². The second kappa shape index (κ2) is 6.23. The van der Waals surface area contributed by atoms with Crippen LogP contribution in [0.5, 0.6) is 0 Å². The Balaban J connectivity index is 2.54. The number of carbonyl (C=O) groups is 1. The maximum absolute atomic E-state index is 10.5. The number of nitrogens with one attached hydrogen (secondary N) is 1. The molecule has 0 fully saturated rings. The van der Waals surface area contributed by atoms with Crippen molar-refractivity contribution in [3.63, 3.8) is 0 Å². The topological polar surface area (TPSA) is 107 Å². The van der Waals surface area contributed by atoms with Gasteiger partial charge < -0.3 is 15.8 Å². The number of carbonyl (C=O) groups excluding carboxylic acids is 1. The average Bonchev–Trinajstić information content (AvgIpc) is 2.25. The second-order valence-electron chi connectivity index (χ2n) is 3.02. The Bertz CT molecular complexity index is 438. The Kier molecular flexibility index (Phi) is 4.94. The van der Waals surface area contributed by atoms with Gasteiger partial charge in [-0.3, -0.25) is 10.1 Å². The molecule has 0 radical (unpaired) electrons. The zero-order valence-electron chi connectivity index (χ0n) is 8.68. The highest BCUT2D eigenvalue weighted by molar-refractivity contribution is 14.1. The minimum Gasteiger partial charge on any atom is -0.448 e. The number of anilines is 1. The summed E-state index contributed by atoms with van der Waals surface area (Å²) in [6.07, 6.45) is -0.829. The fourth-order valence-electron chi connectivity index (χ4n) is 1.10. The molecule has 0 heterocycles. The van der Waals surface area contributed by atoms with Crippen LogP contribution in [-0.4, -0.2) is 24.2 Å². The summed E-state index contributed by atoms with van der Waals surface area (Å²) in [5.74, 6) is 0. The van der Waals surface area contributed by atoms with E-state index in [1.54, 1.807) is 6.07 Å². The fraction of sp³-hybridized carbons (Fsp3) is 0.222. The molecule has 0 saturated heterocycles. The summed E-state index contributed by atoms with van der Waals surface area (Å²) in [6, 6.07) is 4.46. The summed E-state index contributed by atoms with van der Waals surface area (Å²) in [6.45, 7) is 0.527. The number of benzene rings is 1. The number of nitrogens with two attached hydrogens (primary N) is 1. The van der Waals surface area contributed by atoms with Gasteiger partial charge in [-0.05, 0) is 28.7 Å². The van der Waals surface area contributed by atoms with Gasteiger partial charge in [0.15, 0.2) is 0 Å². The number of rotatable bonds is 5. The van der Waals surface area contributed by atoms with Crippen LogP contribution < -0.4 is 11.1 Å². The number of nitro benzene ring substituents is 1. The van der Waals surface area contributed by atoms with Crippen LogP contribution in [0.4, 0.5) is 16.2 Å². The molecule has 0 aliphatic heterocycles. The average molecular weight is 351 g/mol. The standard InChI is InChI=1S/C9H10IN3O4/c10-7-5-6(13(15)16)1-2-8(7)12-3-4-17-9(11)14/h1-2,5,12H,3-4H2,(H2,11,14). The van der Waals surface area contributed by atoms with Crippen molar-refractivity contribution in [1.82, 2.24) is 0 Å². The van der Waals surface area contributed by atoms with Crippen LogP contribution in [0, 0.1) is 13.7 Å². The lowest BCUT2D eigenvalue weighted by molar-refractivity contribution is -0.384. The van der Waals surface area contributed by atoms with Gasteiger partial charge in [0.1, 0.15) is 6.61 Å². The maximum Gasteiger partial charge on any atom is 0.404 e. The van der Waals surface area contributed by atoms with Crippen molar-refractivity contribution in [2.24, 2.45) is 5.73 Å². The van der Waals surface area contributed by atoms with Gasteiger partial charge in [-0.25, -0.2) is 4.79 Å². The molecule has 1 aromatic rings. The number of nitro groups is 1. The van der Waals surface area contributed by atoms with E-state index in [-0.39, 0.29) is 12.3 Å². The first-order valence-electron chi connectivity index (χ1n) is 4.60. The number of nitrogens with zero attached hydrogens (tertiary/aromatic N) is 1. The van der Waals surface area contributed by atoms with Crippen LogP contribution in [0.25, 0.3) is 0 Å². The zero-order valence-corrected chi connectivity index (χ0v) is 10.8. The van der Waals surface area contributed by atoms with E-state index in [9.17, 15) is 14.9 Å². The van der Waals surface area contributed by atoms with Crippen molar-refractivity contribution in [3.05, 3.63) is 31.9 Å². The summed E-state index contributed by atoms with van der Waals surface area (Å²) in [5, 5.41) is 13.5. The maximum atomic E-state index is 10.5. The van der Waals surface area contributed by atoms with E-state index in [1.165, 1.54) is 12.1 Å². The summed E-state index contributed by atoms with van der Waals surface area (Å²) in [7, 11) is 0. The normalized spacial score (nSPS) is 9.71. The number of non-ortho nitro benzene ring substituents is 1. The lowest BCUT2D eigenvalue weighted by Crippen LogP contribution is -2.18. The molecular weight excluding hydrogens is 341 g/mol. The molecule has 0 bridgehead atoms. The van der Waals surface area contributed by atoms with Crippen molar-refractivity contribution < 1.29 is 14.5 Å². The second-order valence-corrected chi connectivity index (χ2v) is 4.18. The molecule has 0 saturated carbocycles. The molecule has 0 aliphatic carbocycles. The third-order valence-corrected chi connectivity index (χ3v) is 2.72. The number of hydrogen-bond acceptors (Lipinski definition) is 5. The predicted octanol–water partition coefficient (Wildman–Crippen LogP) is 1.71. The number of primary amides is 1. The van der Waals surface area contributed by atoms with Gasteiger partial charge in [-0.1, -0.05) is 0 Å². The first-order chi connectivity index (χ1) is 8.00. The fourth-order valence-corrected chi connectivity index (χ4v) is 1.79. The van der Waals surface area contributed by atoms with Gasteiger partial charge in [0.25, 0.3) is 5.69 Å². The molecular formula is C9H10IN3O4. The van der Waals surface area contributed by atoms with Gasteiger partial charge in [0.05, 0.1) is 4.92 Å². The highest BCUT2D eigenvalue weighted by Gasteiger charge is 2.08. The molecule has 0 unspecified atom stereocenters. The Morgan fingerprint density at radius 2 is 2.29 bits per heavy atom. The highest BCUT2D eigenvalue weighted by atomic mass is 127. The first-order valence-corrected chi connectivity index (χ1v) is 5.68. The van der Waals surface area contributed by atoms with Gasteiger partial charge in [-0.15, -0.1) is 0 Å². The number of halogens is 1. The summed E-state index contributed by atoms with van der Waals surface area (Å²) < 4.78 is 5.25. The number of hydrogen-bond donors (Lipinski definition) is 2. The van der Waals surface area contributed by atoms with Crippen LogP contribution in [-0.2, 0) is 4.74 Å². The molecule has 1 aromatic carbocycles. The molecule has 17 heavy (non-hydrogen) atoms. The molecule has 0 aliphatic rings. The van der Waals surface area contributed by atoms with Crippen LogP contribution in [0.3, 0.4) is 0 Å². The van der Waals surface area contributed by atoms with Crippen molar-refractivity contribution in [2.45, 2.75) is 0 Å². The van der Waals surface area contributed by atoms with E-state index in [1.807, 2.05) is 22.6 Å². The molecule has 0 aromatic heterocycles. The van der Waals surface area contributed by atoms with Gasteiger partial charge >= 0.3 is 6.09 Å². The van der Waals surface area contributed by atoms with E-state index in [2.05, 4.69) is 10.1 Å². The number of amides is 1. The van der Waals surface area contributed by atoms with Crippen LogP contribution in [0.1, 0.15) is 0 Å². The van der Waals surface area contributed by atoms with Gasteiger partial charge in [0, 0.05) is 27.9 Å². The van der Waals surface area contributed by atoms with Gasteiger partial charge in [0.2, 0.25) is 0 Å². The van der Waals surface area contributed by atoms with E-state index in [0.29, 0.717) is 6.54 Å². The zero-order chi connectivity index (χ0) is 12.8. The highest BCUT2D eigenvalue weighted by Crippen LogP contribution is 2.23. The molecule has 7 nitrogen and oxygen atoms in total. The van der Waals surface area contributed by atoms with Crippen molar-refractivity contribution in [3.8, 4) is 0 Å². The largest absolute Gasteiger partial charge is 0.448 e. The Hall–Kier alpha value is -1.58. The molecule has 1 amide bonds. The van der Waals surface area contributed by atoms with Crippen molar-refractivity contribution in [2.75, 3.05) is 18.5 Å². The van der Waals surface area contributed by atoms with Crippen molar-refractivity contribution in [1.29, 1.82) is 0 Å². The monoisotopic (exact) mass is 351 g/mol. The first kappa shape index (κ1) is 13.5. The van der Waals surface area contributed by atoms with E-state index in [0.717, 1.165) is 9.26 Å². The molecule has 8 heteroatoms. The Morgan fingerprint density at radius 3 is 2.82 bits per heavy atom. The minimum atomic E-state index is -0.829. The van der Waals surface area contributed by atoms with Crippen molar-refractivity contribution >= 4 is 40.1 Å². The summed E-state index contributed by atoms with van der Waals surface area (Å²) in [4.78, 5) is 20.3. The van der Waals surface area contributed by atoms with Gasteiger partial charge in [-0.2, -0.15) is 0 Å². The molecule has 0 spiro atoms. The predicted molar refractivity (Wildman–Crippen MR) is 69.8 cm³/mol. The third kappa shape index (κ3) is 4.43. The number of ether oxygens (including phenoxy) is 1. The Morgan fingerprint density at radius 1 is 1.59 bits per heavy atom. The summed E-state index contributed by atoms with van der Waals surface area (Å²) >= 11 is 1.99. The molecule has 1 rings (SSSR count).